The van der Waals surface area contributed by atoms with Crippen LogP contribution in [0.3, 0.4) is 0 Å². The van der Waals surface area contributed by atoms with Gasteiger partial charge in [-0.3, -0.25) is 9.59 Å². The molecule has 0 aliphatic rings. The van der Waals surface area contributed by atoms with Gasteiger partial charge < -0.3 is 15.4 Å². The van der Waals surface area contributed by atoms with Gasteiger partial charge in [0.05, 0.1) is 6.54 Å². The summed E-state index contributed by atoms with van der Waals surface area (Å²) < 4.78 is 18.4. The minimum Gasteiger partial charge on any atom is -0.372 e. The van der Waals surface area contributed by atoms with Crippen LogP contribution < -0.4 is 10.6 Å². The van der Waals surface area contributed by atoms with Crippen molar-refractivity contribution in [2.45, 2.75) is 19.1 Å². The Bertz CT molecular complexity index is 783. The first-order valence-corrected chi connectivity index (χ1v) is 8.33. The molecule has 26 heavy (non-hydrogen) atoms. The quantitative estimate of drug-likeness (QED) is 0.759. The monoisotopic (exact) mass is 378 g/mol. The van der Waals surface area contributed by atoms with E-state index in [4.69, 9.17) is 16.3 Å². The molecule has 0 fully saturated rings. The first-order valence-electron chi connectivity index (χ1n) is 7.96. The van der Waals surface area contributed by atoms with E-state index in [0.29, 0.717) is 10.6 Å². The van der Waals surface area contributed by atoms with Crippen molar-refractivity contribution >= 4 is 23.4 Å². The Balaban J connectivity index is 1.91. The third-order valence-corrected chi connectivity index (χ3v) is 4.28. The lowest BCUT2D eigenvalue weighted by atomic mass is 9.95. The fraction of sp³-hybridized carbons (Fsp3) is 0.263. The topological polar surface area (TPSA) is 67.4 Å². The van der Waals surface area contributed by atoms with E-state index < -0.39 is 17.4 Å². The van der Waals surface area contributed by atoms with Crippen LogP contribution in [0.1, 0.15) is 18.1 Å². The molecular weight excluding hydrogens is 359 g/mol. The van der Waals surface area contributed by atoms with E-state index in [2.05, 4.69) is 10.6 Å². The second-order valence-corrected chi connectivity index (χ2v) is 6.37. The number of methoxy groups -OCH3 is 1. The maximum Gasteiger partial charge on any atom is 0.309 e. The van der Waals surface area contributed by atoms with Gasteiger partial charge in [0.1, 0.15) is 11.4 Å². The first-order chi connectivity index (χ1) is 12.3. The van der Waals surface area contributed by atoms with Gasteiger partial charge in [-0.05, 0) is 42.3 Å². The zero-order valence-corrected chi connectivity index (χ0v) is 15.3. The number of halogens is 2. The van der Waals surface area contributed by atoms with Crippen LogP contribution in [-0.4, -0.2) is 25.5 Å². The highest BCUT2D eigenvalue weighted by atomic mass is 35.5. The second-order valence-electron chi connectivity index (χ2n) is 5.94. The van der Waals surface area contributed by atoms with Crippen LogP contribution in [-0.2, 0) is 26.5 Å². The molecule has 2 amide bonds. The van der Waals surface area contributed by atoms with Crippen molar-refractivity contribution in [3.05, 3.63) is 70.5 Å². The lowest BCUT2D eigenvalue weighted by molar-refractivity contribution is -0.140. The number of amides is 2. The van der Waals surface area contributed by atoms with Crippen LogP contribution in [0.2, 0.25) is 5.02 Å². The molecule has 2 N–H and O–H groups in total. The number of carbonyl (C=O) groups is 2. The van der Waals surface area contributed by atoms with Crippen molar-refractivity contribution < 1.29 is 18.7 Å². The van der Waals surface area contributed by atoms with Crippen molar-refractivity contribution in [2.75, 3.05) is 13.7 Å². The van der Waals surface area contributed by atoms with Crippen LogP contribution in [0.15, 0.2) is 48.5 Å². The predicted molar refractivity (Wildman–Crippen MR) is 97.1 cm³/mol. The summed E-state index contributed by atoms with van der Waals surface area (Å²) in [7, 11) is 1.52. The number of ether oxygens (including phenoxy) is 1. The summed E-state index contributed by atoms with van der Waals surface area (Å²) >= 11 is 6.00. The molecule has 0 saturated heterocycles. The van der Waals surface area contributed by atoms with Gasteiger partial charge in [-0.25, -0.2) is 4.39 Å². The fourth-order valence-electron chi connectivity index (χ4n) is 2.30. The lowest BCUT2D eigenvalue weighted by Crippen LogP contribution is -2.45. The minimum atomic E-state index is -0.836. The van der Waals surface area contributed by atoms with Crippen LogP contribution in [0.4, 0.5) is 4.39 Å². The normalized spacial score (nSPS) is 12.9. The van der Waals surface area contributed by atoms with Crippen molar-refractivity contribution in [1.82, 2.24) is 10.6 Å². The summed E-state index contributed by atoms with van der Waals surface area (Å²) in [6.45, 7) is 2.00. The molecule has 0 aliphatic heterocycles. The molecule has 7 heteroatoms. The van der Waals surface area contributed by atoms with Gasteiger partial charge in [0.25, 0.3) is 0 Å². The Kier molecular flexibility index (Phi) is 6.71. The molecule has 138 valence electrons. The van der Waals surface area contributed by atoms with Crippen molar-refractivity contribution in [2.24, 2.45) is 0 Å². The van der Waals surface area contributed by atoms with Gasteiger partial charge in [-0.2, -0.15) is 0 Å². The Hall–Kier alpha value is -2.44. The van der Waals surface area contributed by atoms with Gasteiger partial charge in [0.15, 0.2) is 0 Å². The number of hydrogen-bond donors (Lipinski definition) is 2. The first kappa shape index (κ1) is 19.9. The van der Waals surface area contributed by atoms with E-state index in [1.165, 1.54) is 31.4 Å². The molecule has 0 radical (unpaired) electrons. The lowest BCUT2D eigenvalue weighted by Gasteiger charge is -2.29. The molecule has 5 nitrogen and oxygen atoms in total. The van der Waals surface area contributed by atoms with E-state index in [1.54, 1.807) is 25.1 Å². The van der Waals surface area contributed by atoms with Crippen LogP contribution >= 0.6 is 11.6 Å². The highest BCUT2D eigenvalue weighted by Crippen LogP contribution is 2.26. The van der Waals surface area contributed by atoms with Crippen LogP contribution in [0, 0.1) is 5.82 Å². The molecule has 2 rings (SSSR count). The highest BCUT2D eigenvalue weighted by Gasteiger charge is 2.28. The molecule has 0 bridgehead atoms. The molecule has 2 aromatic carbocycles. The van der Waals surface area contributed by atoms with Crippen LogP contribution in [0.5, 0.6) is 0 Å². The van der Waals surface area contributed by atoms with Crippen molar-refractivity contribution in [3.63, 3.8) is 0 Å². The number of rotatable bonds is 6. The molecule has 0 aromatic heterocycles. The third-order valence-electron chi connectivity index (χ3n) is 4.04. The molecular formula is C19H20ClFN2O3. The van der Waals surface area contributed by atoms with E-state index in [-0.39, 0.29) is 18.9 Å². The Morgan fingerprint density at radius 3 is 2.38 bits per heavy atom. The van der Waals surface area contributed by atoms with Crippen LogP contribution in [0.25, 0.3) is 0 Å². The predicted octanol–water partition coefficient (Wildman–Crippen LogP) is 2.77. The Labute approximate surface area is 156 Å². The summed E-state index contributed by atoms with van der Waals surface area (Å²) in [6, 6.07) is 12.7. The standard InChI is InChI=1S/C19H20ClFN2O3/c1-19(26-2,14-4-3-5-15(20)10-14)12-23-18(25)17(24)22-11-13-6-8-16(21)9-7-13/h3-10H,11-12H2,1-2H3,(H,22,24)(H,23,25)/t19-/m1/s1. The van der Waals surface area contributed by atoms with E-state index in [0.717, 1.165) is 5.56 Å². The summed E-state index contributed by atoms with van der Waals surface area (Å²) in [5.74, 6) is -1.92. The van der Waals surface area contributed by atoms with Gasteiger partial charge in [-0.1, -0.05) is 35.9 Å². The van der Waals surface area contributed by atoms with Gasteiger partial charge in [0, 0.05) is 18.7 Å². The Morgan fingerprint density at radius 1 is 1.12 bits per heavy atom. The molecule has 0 heterocycles. The highest BCUT2D eigenvalue weighted by molar-refractivity contribution is 6.35. The SMILES string of the molecule is CO[C@](C)(CNC(=O)C(=O)NCc1ccc(F)cc1)c1cccc(Cl)c1. The van der Waals surface area contributed by atoms with Crippen molar-refractivity contribution in [1.29, 1.82) is 0 Å². The zero-order chi connectivity index (χ0) is 19.2. The molecule has 0 aliphatic carbocycles. The van der Waals surface area contributed by atoms with Gasteiger partial charge in [0.2, 0.25) is 0 Å². The molecule has 0 unspecified atom stereocenters. The third kappa shape index (κ3) is 5.28. The van der Waals surface area contributed by atoms with E-state index in [9.17, 15) is 14.0 Å². The molecule has 2 aromatic rings. The smallest absolute Gasteiger partial charge is 0.309 e. The average Bonchev–Trinajstić information content (AvgIpc) is 2.65. The fourth-order valence-corrected chi connectivity index (χ4v) is 2.49. The average molecular weight is 379 g/mol. The maximum absolute atomic E-state index is 12.9. The molecule has 1 atom stereocenters. The summed E-state index contributed by atoms with van der Waals surface area (Å²) in [6.07, 6.45) is 0. The van der Waals surface area contributed by atoms with Crippen molar-refractivity contribution in [3.8, 4) is 0 Å². The maximum atomic E-state index is 12.9. The number of nitrogens with one attached hydrogen (secondary N) is 2. The van der Waals surface area contributed by atoms with Gasteiger partial charge >= 0.3 is 11.8 Å². The Morgan fingerprint density at radius 2 is 1.77 bits per heavy atom. The molecule has 0 spiro atoms. The second kappa shape index (κ2) is 8.78. The summed E-state index contributed by atoms with van der Waals surface area (Å²) in [5.41, 5.74) is 0.630. The number of hydrogen-bond acceptors (Lipinski definition) is 3. The van der Waals surface area contributed by atoms with E-state index in [1.807, 2.05) is 6.07 Å². The molecule has 0 saturated carbocycles. The summed E-state index contributed by atoms with van der Waals surface area (Å²) in [4.78, 5) is 23.9. The number of carbonyl (C=O) groups excluding carboxylic acids is 2. The zero-order valence-electron chi connectivity index (χ0n) is 14.5. The van der Waals surface area contributed by atoms with Gasteiger partial charge in [-0.15, -0.1) is 0 Å². The number of benzene rings is 2. The minimum absolute atomic E-state index is 0.0899. The van der Waals surface area contributed by atoms with E-state index >= 15 is 0 Å². The summed E-state index contributed by atoms with van der Waals surface area (Å²) in [5, 5.41) is 5.59. The largest absolute Gasteiger partial charge is 0.372 e.